The van der Waals surface area contributed by atoms with Crippen molar-refractivity contribution in [2.45, 2.75) is 19.4 Å². The fraction of sp³-hybridized carbons (Fsp3) is 0.250. The number of nitrogens with zero attached hydrogens (tertiary/aromatic N) is 5. The first-order chi connectivity index (χ1) is 14.6. The van der Waals surface area contributed by atoms with Gasteiger partial charge in [0.25, 0.3) is 5.91 Å². The standard InChI is InChI=1S/C20H20N8OS/c1-11-8-23-20(30-11)26-19(29)13-4-2-12(3-5-13)16-15-17(21)24-10-25-18(15)28(27-16)14-6-7-22-9-14/h2-5,8,10,14,22H,6-7,9H2,1H3,(H2,21,24,25)(H,23,26,29)/t14-/m1/s1. The minimum atomic E-state index is -0.203. The van der Waals surface area contributed by atoms with Crippen LogP contribution in [0.15, 0.2) is 36.8 Å². The van der Waals surface area contributed by atoms with Crippen LogP contribution in [0.5, 0.6) is 0 Å². The highest BCUT2D eigenvalue weighted by Crippen LogP contribution is 2.32. The van der Waals surface area contributed by atoms with Crippen molar-refractivity contribution in [1.29, 1.82) is 0 Å². The molecule has 9 nitrogen and oxygen atoms in total. The number of thiazole rings is 1. The van der Waals surface area contributed by atoms with E-state index in [9.17, 15) is 4.79 Å². The number of fused-ring (bicyclic) bond motifs is 1. The highest BCUT2D eigenvalue weighted by atomic mass is 32.1. The van der Waals surface area contributed by atoms with E-state index in [4.69, 9.17) is 10.8 Å². The van der Waals surface area contributed by atoms with Crippen molar-refractivity contribution in [3.05, 3.63) is 47.2 Å². The van der Waals surface area contributed by atoms with E-state index in [2.05, 4.69) is 25.6 Å². The lowest BCUT2D eigenvalue weighted by molar-refractivity contribution is 0.102. The Bertz CT molecular complexity index is 1220. The molecule has 1 atom stereocenters. The van der Waals surface area contributed by atoms with Gasteiger partial charge in [0, 0.05) is 28.7 Å². The summed E-state index contributed by atoms with van der Waals surface area (Å²) in [7, 11) is 0. The number of nitrogen functional groups attached to an aromatic ring is 1. The third kappa shape index (κ3) is 3.29. The molecule has 0 saturated carbocycles. The van der Waals surface area contributed by atoms with E-state index in [0.717, 1.165) is 46.7 Å². The molecule has 10 heteroatoms. The summed E-state index contributed by atoms with van der Waals surface area (Å²) in [4.78, 5) is 26.3. The molecule has 1 fully saturated rings. The van der Waals surface area contributed by atoms with Gasteiger partial charge in [0.15, 0.2) is 10.8 Å². The van der Waals surface area contributed by atoms with Gasteiger partial charge >= 0.3 is 0 Å². The largest absolute Gasteiger partial charge is 0.383 e. The van der Waals surface area contributed by atoms with E-state index >= 15 is 0 Å². The van der Waals surface area contributed by atoms with Crippen LogP contribution in [0, 0.1) is 6.92 Å². The van der Waals surface area contributed by atoms with Crippen LogP contribution in [-0.2, 0) is 0 Å². The van der Waals surface area contributed by atoms with Gasteiger partial charge in [-0.3, -0.25) is 10.1 Å². The van der Waals surface area contributed by atoms with E-state index in [0.29, 0.717) is 16.5 Å². The van der Waals surface area contributed by atoms with Crippen molar-refractivity contribution < 1.29 is 4.79 Å². The lowest BCUT2D eigenvalue weighted by Crippen LogP contribution is -2.15. The minimum absolute atomic E-state index is 0.203. The molecular formula is C20H20N8OS. The Morgan fingerprint density at radius 2 is 2.10 bits per heavy atom. The highest BCUT2D eigenvalue weighted by Gasteiger charge is 2.24. The first kappa shape index (κ1) is 18.6. The number of amides is 1. The number of rotatable bonds is 4. The molecule has 4 heterocycles. The molecule has 0 aliphatic carbocycles. The second-order valence-electron chi connectivity index (χ2n) is 7.20. The number of nitrogens with one attached hydrogen (secondary N) is 2. The Morgan fingerprint density at radius 3 is 2.80 bits per heavy atom. The summed E-state index contributed by atoms with van der Waals surface area (Å²) < 4.78 is 1.94. The number of aryl methyl sites for hydroxylation is 1. The predicted octanol–water partition coefficient (Wildman–Crippen LogP) is 2.63. The van der Waals surface area contributed by atoms with Crippen molar-refractivity contribution >= 4 is 39.2 Å². The first-order valence-electron chi connectivity index (χ1n) is 9.64. The first-order valence-corrected chi connectivity index (χ1v) is 10.5. The van der Waals surface area contributed by atoms with Crippen molar-refractivity contribution in [3.8, 4) is 11.3 Å². The van der Waals surface area contributed by atoms with Gasteiger partial charge in [-0.1, -0.05) is 12.1 Å². The second-order valence-corrected chi connectivity index (χ2v) is 8.44. The average Bonchev–Trinajstić information content (AvgIpc) is 3.48. The van der Waals surface area contributed by atoms with Crippen LogP contribution in [0.25, 0.3) is 22.3 Å². The van der Waals surface area contributed by atoms with Crippen molar-refractivity contribution in [3.63, 3.8) is 0 Å². The van der Waals surface area contributed by atoms with Crippen LogP contribution < -0.4 is 16.4 Å². The molecule has 1 aliphatic heterocycles. The molecule has 1 saturated heterocycles. The molecule has 0 spiro atoms. The summed E-state index contributed by atoms with van der Waals surface area (Å²) >= 11 is 1.44. The maximum atomic E-state index is 12.5. The molecule has 0 unspecified atom stereocenters. The Kier molecular flexibility index (Phi) is 4.64. The lowest BCUT2D eigenvalue weighted by atomic mass is 10.1. The van der Waals surface area contributed by atoms with Gasteiger partial charge in [-0.25, -0.2) is 19.6 Å². The predicted molar refractivity (Wildman–Crippen MR) is 116 cm³/mol. The number of carbonyl (C=O) groups excluding carboxylic acids is 1. The van der Waals surface area contributed by atoms with Crippen LogP contribution in [0.1, 0.15) is 27.7 Å². The van der Waals surface area contributed by atoms with E-state index in [-0.39, 0.29) is 11.9 Å². The SMILES string of the molecule is Cc1cnc(NC(=O)c2ccc(-c3nn([C@@H]4CCNC4)c4ncnc(N)c34)cc2)s1. The zero-order chi connectivity index (χ0) is 20.7. The summed E-state index contributed by atoms with van der Waals surface area (Å²) in [5.74, 6) is 0.194. The van der Waals surface area contributed by atoms with Gasteiger partial charge in [0.1, 0.15) is 17.8 Å². The summed E-state index contributed by atoms with van der Waals surface area (Å²) in [6.45, 7) is 3.74. The number of hydrogen-bond acceptors (Lipinski definition) is 8. The third-order valence-electron chi connectivity index (χ3n) is 5.16. The third-order valence-corrected chi connectivity index (χ3v) is 5.99. The van der Waals surface area contributed by atoms with Gasteiger partial charge in [0.05, 0.1) is 11.4 Å². The lowest BCUT2D eigenvalue weighted by Gasteiger charge is -2.09. The second kappa shape index (κ2) is 7.47. The monoisotopic (exact) mass is 420 g/mol. The van der Waals surface area contributed by atoms with Crippen LogP contribution in [0.4, 0.5) is 10.9 Å². The maximum Gasteiger partial charge on any atom is 0.257 e. The maximum absolute atomic E-state index is 12.5. The van der Waals surface area contributed by atoms with Crippen LogP contribution in [-0.4, -0.2) is 43.7 Å². The fourth-order valence-electron chi connectivity index (χ4n) is 3.66. The van der Waals surface area contributed by atoms with E-state index in [1.54, 1.807) is 18.3 Å². The number of anilines is 2. The smallest absolute Gasteiger partial charge is 0.257 e. The number of aromatic nitrogens is 5. The van der Waals surface area contributed by atoms with Crippen molar-refractivity contribution in [2.75, 3.05) is 24.1 Å². The molecular weight excluding hydrogens is 400 g/mol. The van der Waals surface area contributed by atoms with Crippen LogP contribution >= 0.6 is 11.3 Å². The van der Waals surface area contributed by atoms with Gasteiger partial charge in [-0.2, -0.15) is 5.10 Å². The van der Waals surface area contributed by atoms with Gasteiger partial charge < -0.3 is 11.1 Å². The van der Waals surface area contributed by atoms with Crippen molar-refractivity contribution in [1.82, 2.24) is 30.0 Å². The quantitative estimate of drug-likeness (QED) is 0.464. The molecule has 4 aromatic rings. The Labute approximate surface area is 176 Å². The van der Waals surface area contributed by atoms with Gasteiger partial charge in [-0.15, -0.1) is 11.3 Å². The van der Waals surface area contributed by atoms with E-state index < -0.39 is 0 Å². The van der Waals surface area contributed by atoms with Gasteiger partial charge in [0.2, 0.25) is 0 Å². The molecule has 152 valence electrons. The molecule has 0 radical (unpaired) electrons. The molecule has 4 N–H and O–H groups in total. The Hall–Kier alpha value is -3.37. The summed E-state index contributed by atoms with van der Waals surface area (Å²) in [6.07, 6.45) is 4.18. The van der Waals surface area contributed by atoms with Crippen LogP contribution in [0.2, 0.25) is 0 Å². The summed E-state index contributed by atoms with van der Waals surface area (Å²) in [6, 6.07) is 7.50. The zero-order valence-electron chi connectivity index (χ0n) is 16.3. The molecule has 0 bridgehead atoms. The number of hydrogen-bond donors (Lipinski definition) is 3. The average molecular weight is 421 g/mol. The fourth-order valence-corrected chi connectivity index (χ4v) is 4.32. The summed E-state index contributed by atoms with van der Waals surface area (Å²) in [5, 5.41) is 12.3. The highest BCUT2D eigenvalue weighted by molar-refractivity contribution is 7.15. The zero-order valence-corrected chi connectivity index (χ0v) is 17.1. The minimum Gasteiger partial charge on any atom is -0.383 e. The normalized spacial score (nSPS) is 16.2. The van der Waals surface area contributed by atoms with E-state index in [1.807, 2.05) is 23.7 Å². The van der Waals surface area contributed by atoms with Crippen LogP contribution in [0.3, 0.4) is 0 Å². The van der Waals surface area contributed by atoms with E-state index in [1.165, 1.54) is 17.7 Å². The van der Waals surface area contributed by atoms with Crippen molar-refractivity contribution in [2.24, 2.45) is 0 Å². The number of carbonyl (C=O) groups is 1. The van der Waals surface area contributed by atoms with Gasteiger partial charge in [-0.05, 0) is 32.0 Å². The molecule has 1 amide bonds. The molecule has 3 aromatic heterocycles. The Balaban J connectivity index is 1.49. The molecule has 1 aliphatic rings. The molecule has 5 rings (SSSR count). The number of benzene rings is 1. The number of nitrogens with two attached hydrogens (primary N) is 1. The summed E-state index contributed by atoms with van der Waals surface area (Å²) in [5.41, 5.74) is 9.03. The molecule has 1 aromatic carbocycles. The topological polar surface area (TPSA) is 124 Å². The molecule has 30 heavy (non-hydrogen) atoms. The Morgan fingerprint density at radius 1 is 1.27 bits per heavy atom.